The fraction of sp³-hybridized carbons (Fsp3) is 0.286. The van der Waals surface area contributed by atoms with Gasteiger partial charge in [-0.1, -0.05) is 0 Å². The van der Waals surface area contributed by atoms with Crippen LogP contribution < -0.4 is 0 Å². The maximum atomic E-state index is 9.97. The summed E-state index contributed by atoms with van der Waals surface area (Å²) in [6.07, 6.45) is -1.75. The van der Waals surface area contributed by atoms with Crippen LogP contribution in [0.5, 0.6) is 0 Å². The molecule has 0 saturated heterocycles. The van der Waals surface area contributed by atoms with Crippen LogP contribution in [-0.2, 0) is 24.0 Å². The lowest BCUT2D eigenvalue weighted by Crippen LogP contribution is -2.16. The largest absolute Gasteiger partial charge is 0.481 e. The van der Waals surface area contributed by atoms with Crippen molar-refractivity contribution in [1.29, 1.82) is 0 Å². The molecule has 0 atom stereocenters. The van der Waals surface area contributed by atoms with Crippen LogP contribution in [0.25, 0.3) is 0 Å². The first-order chi connectivity index (χ1) is 7.16. The number of rotatable bonds is 5. The number of carbonyl (C=O) groups excluding carboxylic acids is 1. The quantitative estimate of drug-likeness (QED) is 0.333. The average molecular weight is 236 g/mol. The van der Waals surface area contributed by atoms with Crippen LogP contribution in [-0.4, -0.2) is 50.1 Å². The number of hydrogen-bond donors (Lipinski definition) is 4. The summed E-state index contributed by atoms with van der Waals surface area (Å²) in [5, 5.41) is 31.1. The van der Waals surface area contributed by atoms with Crippen LogP contribution in [0.3, 0.4) is 0 Å². The topological polar surface area (TPSA) is 166 Å². The second-order valence-corrected chi connectivity index (χ2v) is 2.26. The standard InChI is InChI=1S/C4H4O5.C3H4O4/c5-2(4(8)9)1-3(6)7;4-2(5)1-3(6)7/h1H2,(H,6,7)(H,8,9);1H2,(H,4,5)(H,6,7). The minimum absolute atomic E-state index is 0.806. The van der Waals surface area contributed by atoms with E-state index in [9.17, 15) is 24.0 Å². The Balaban J connectivity index is 0. The molecule has 0 heterocycles. The van der Waals surface area contributed by atoms with Crippen molar-refractivity contribution < 1.29 is 44.4 Å². The van der Waals surface area contributed by atoms with Gasteiger partial charge in [0.2, 0.25) is 0 Å². The molecule has 0 saturated carbocycles. The van der Waals surface area contributed by atoms with Gasteiger partial charge in [-0.2, -0.15) is 0 Å². The van der Waals surface area contributed by atoms with Crippen molar-refractivity contribution >= 4 is 29.7 Å². The lowest BCUT2D eigenvalue weighted by atomic mass is 10.3. The summed E-state index contributed by atoms with van der Waals surface area (Å²) in [5.74, 6) is -7.07. The summed E-state index contributed by atoms with van der Waals surface area (Å²) in [4.78, 5) is 48.1. The summed E-state index contributed by atoms with van der Waals surface area (Å²) in [6.45, 7) is 0. The van der Waals surface area contributed by atoms with E-state index in [1.807, 2.05) is 0 Å². The molecule has 0 aliphatic rings. The zero-order valence-corrected chi connectivity index (χ0v) is 7.74. The van der Waals surface area contributed by atoms with Crippen LogP contribution in [0, 0.1) is 0 Å². The Kier molecular flexibility index (Phi) is 7.91. The van der Waals surface area contributed by atoms with E-state index < -0.39 is 42.5 Å². The number of ketones is 1. The van der Waals surface area contributed by atoms with Gasteiger partial charge >= 0.3 is 23.9 Å². The Labute approximate surface area is 87.9 Å². The number of hydrogen-bond acceptors (Lipinski definition) is 5. The first-order valence-corrected chi connectivity index (χ1v) is 3.58. The van der Waals surface area contributed by atoms with Gasteiger partial charge in [0.1, 0.15) is 12.8 Å². The third-order valence-corrected chi connectivity index (χ3v) is 0.853. The van der Waals surface area contributed by atoms with Crippen LogP contribution >= 0.6 is 0 Å². The van der Waals surface area contributed by atoms with E-state index in [2.05, 4.69) is 0 Å². The van der Waals surface area contributed by atoms with Gasteiger partial charge in [-0.25, -0.2) is 4.79 Å². The summed E-state index contributed by atoms with van der Waals surface area (Å²) in [5.41, 5.74) is 0. The zero-order chi connectivity index (χ0) is 13.3. The third kappa shape index (κ3) is 14.1. The van der Waals surface area contributed by atoms with Crippen molar-refractivity contribution in [2.75, 3.05) is 0 Å². The van der Waals surface area contributed by atoms with E-state index in [-0.39, 0.29) is 0 Å². The lowest BCUT2D eigenvalue weighted by Gasteiger charge is -1.85. The zero-order valence-electron chi connectivity index (χ0n) is 7.74. The molecule has 0 rings (SSSR count). The molecule has 90 valence electrons. The molecule has 0 aromatic rings. The molecule has 4 N–H and O–H groups in total. The Hall–Kier alpha value is -2.45. The van der Waals surface area contributed by atoms with Gasteiger partial charge in [-0.05, 0) is 0 Å². The molecule has 0 aliphatic heterocycles. The van der Waals surface area contributed by atoms with E-state index in [4.69, 9.17) is 20.4 Å². The van der Waals surface area contributed by atoms with Gasteiger partial charge in [0.15, 0.2) is 0 Å². The van der Waals surface area contributed by atoms with Crippen molar-refractivity contribution in [3.8, 4) is 0 Å². The predicted molar refractivity (Wildman–Crippen MR) is 44.8 cm³/mol. The van der Waals surface area contributed by atoms with Crippen molar-refractivity contribution in [3.05, 3.63) is 0 Å². The molecule has 0 amide bonds. The SMILES string of the molecule is O=C(O)CC(=O)C(=O)O.O=C(O)CC(=O)O. The number of carbonyl (C=O) groups is 5. The molecule has 9 nitrogen and oxygen atoms in total. The molecule has 0 radical (unpaired) electrons. The second-order valence-electron chi connectivity index (χ2n) is 2.26. The maximum absolute atomic E-state index is 9.97. The van der Waals surface area contributed by atoms with Gasteiger partial charge < -0.3 is 20.4 Å². The molecule has 0 aliphatic carbocycles. The van der Waals surface area contributed by atoms with Crippen LogP contribution in [0.4, 0.5) is 0 Å². The molecular weight excluding hydrogens is 228 g/mol. The van der Waals surface area contributed by atoms with Gasteiger partial charge in [-0.15, -0.1) is 0 Å². The number of Topliss-reactive ketones (excluding diaryl/α,β-unsaturated/α-hetero) is 1. The molecule has 0 bridgehead atoms. The van der Waals surface area contributed by atoms with Gasteiger partial charge in [-0.3, -0.25) is 19.2 Å². The van der Waals surface area contributed by atoms with E-state index in [0.717, 1.165) is 0 Å². The molecule has 0 aromatic heterocycles. The summed E-state index contributed by atoms with van der Waals surface area (Å²) >= 11 is 0. The highest BCUT2D eigenvalue weighted by molar-refractivity contribution is 6.35. The highest BCUT2D eigenvalue weighted by atomic mass is 16.4. The normalized spacial score (nSPS) is 8.25. The van der Waals surface area contributed by atoms with E-state index in [0.29, 0.717) is 0 Å². The van der Waals surface area contributed by atoms with Crippen molar-refractivity contribution in [2.24, 2.45) is 0 Å². The maximum Gasteiger partial charge on any atom is 0.372 e. The highest BCUT2D eigenvalue weighted by Crippen LogP contribution is 1.81. The Morgan fingerprint density at radius 1 is 0.625 bits per heavy atom. The Morgan fingerprint density at radius 3 is 1.00 bits per heavy atom. The van der Waals surface area contributed by atoms with Crippen LogP contribution in [0.15, 0.2) is 0 Å². The minimum Gasteiger partial charge on any atom is -0.481 e. The second kappa shape index (κ2) is 7.91. The van der Waals surface area contributed by atoms with Crippen LogP contribution in [0.1, 0.15) is 12.8 Å². The van der Waals surface area contributed by atoms with E-state index >= 15 is 0 Å². The molecular formula is C7H8O9. The smallest absolute Gasteiger partial charge is 0.372 e. The number of aliphatic carboxylic acids is 4. The first kappa shape index (κ1) is 16.0. The van der Waals surface area contributed by atoms with Gasteiger partial charge in [0.05, 0.1) is 0 Å². The summed E-state index contributed by atoms with van der Waals surface area (Å²) < 4.78 is 0. The highest BCUT2D eigenvalue weighted by Gasteiger charge is 2.14. The van der Waals surface area contributed by atoms with Gasteiger partial charge in [0.25, 0.3) is 5.78 Å². The Morgan fingerprint density at radius 2 is 0.938 bits per heavy atom. The first-order valence-electron chi connectivity index (χ1n) is 3.58. The molecule has 9 heteroatoms. The number of carboxylic acids is 4. The molecule has 16 heavy (non-hydrogen) atoms. The van der Waals surface area contributed by atoms with Crippen molar-refractivity contribution in [2.45, 2.75) is 12.8 Å². The lowest BCUT2D eigenvalue weighted by molar-refractivity contribution is -0.152. The summed E-state index contributed by atoms with van der Waals surface area (Å²) in [6, 6.07) is 0. The number of carboxylic acid groups (broad SMARTS) is 4. The van der Waals surface area contributed by atoms with E-state index in [1.54, 1.807) is 0 Å². The summed E-state index contributed by atoms with van der Waals surface area (Å²) in [7, 11) is 0. The fourth-order valence-corrected chi connectivity index (χ4v) is 0.342. The minimum atomic E-state index is -1.71. The van der Waals surface area contributed by atoms with Crippen LogP contribution in [0.2, 0.25) is 0 Å². The Bertz CT molecular complexity index is 304. The van der Waals surface area contributed by atoms with E-state index in [1.165, 1.54) is 0 Å². The molecule has 0 unspecified atom stereocenters. The fourth-order valence-electron chi connectivity index (χ4n) is 0.342. The molecule has 0 aromatic carbocycles. The van der Waals surface area contributed by atoms with Crippen molar-refractivity contribution in [1.82, 2.24) is 0 Å². The average Bonchev–Trinajstić information content (AvgIpc) is 2.00. The monoisotopic (exact) mass is 236 g/mol. The third-order valence-electron chi connectivity index (χ3n) is 0.853. The van der Waals surface area contributed by atoms with Gasteiger partial charge in [0, 0.05) is 0 Å². The predicted octanol–water partition coefficient (Wildman–Crippen LogP) is -1.34. The van der Waals surface area contributed by atoms with Crippen molar-refractivity contribution in [3.63, 3.8) is 0 Å². The molecule has 0 spiro atoms. The molecule has 0 fully saturated rings.